The Labute approximate surface area is 137 Å². The van der Waals surface area contributed by atoms with Crippen molar-refractivity contribution >= 4 is 28.4 Å². The fourth-order valence-corrected chi connectivity index (χ4v) is 2.36. The van der Waals surface area contributed by atoms with Crippen molar-refractivity contribution in [1.29, 1.82) is 0 Å². The predicted octanol–water partition coefficient (Wildman–Crippen LogP) is 5.73. The molecule has 0 spiro atoms. The highest BCUT2D eigenvalue weighted by Crippen LogP contribution is 2.34. The van der Waals surface area contributed by atoms with Crippen molar-refractivity contribution in [1.82, 2.24) is 0 Å². The Morgan fingerprint density at radius 3 is 2.48 bits per heavy atom. The first kappa shape index (κ1) is 18.3. The highest BCUT2D eigenvalue weighted by molar-refractivity contribution is 6.64. The average Bonchev–Trinajstić information content (AvgIpc) is 2.44. The number of rotatable bonds is 8. The molecule has 0 aliphatic rings. The van der Waals surface area contributed by atoms with Gasteiger partial charge in [-0.3, -0.25) is 4.79 Å². The molecule has 0 aromatic heterocycles. The smallest absolute Gasteiger partial charge is 0.262 e. The molecule has 1 rings (SSSR count). The molecule has 0 radical (unpaired) electrons. The van der Waals surface area contributed by atoms with E-state index in [0.29, 0.717) is 17.2 Å². The van der Waals surface area contributed by atoms with Gasteiger partial charge in [-0.15, -0.1) is 0 Å². The molecule has 0 saturated carbocycles. The number of benzene rings is 1. The van der Waals surface area contributed by atoms with Gasteiger partial charge in [0.25, 0.3) is 5.24 Å². The Bertz CT molecular complexity index is 484. The van der Waals surface area contributed by atoms with E-state index in [4.69, 9.17) is 27.9 Å². The molecule has 1 atom stereocenters. The van der Waals surface area contributed by atoms with E-state index in [0.717, 1.165) is 24.8 Å². The van der Waals surface area contributed by atoms with Crippen molar-refractivity contribution in [2.75, 3.05) is 0 Å². The van der Waals surface area contributed by atoms with Gasteiger partial charge in [0.2, 0.25) is 0 Å². The fraction of sp³-hybridized carbons (Fsp3) is 0.588. The van der Waals surface area contributed by atoms with Gasteiger partial charge in [-0.25, -0.2) is 0 Å². The molecule has 0 N–H and O–H groups in total. The third-order valence-corrected chi connectivity index (χ3v) is 4.48. The second-order valence-corrected chi connectivity index (χ2v) is 6.72. The quantitative estimate of drug-likeness (QED) is 0.569. The minimum atomic E-state index is -0.630. The first-order chi connectivity index (χ1) is 9.81. The summed E-state index contributed by atoms with van der Waals surface area (Å²) < 4.78 is 5.70. The van der Waals surface area contributed by atoms with E-state index < -0.39 is 11.3 Å². The first-order valence-corrected chi connectivity index (χ1v) is 8.23. The van der Waals surface area contributed by atoms with Gasteiger partial charge in [0.15, 0.2) is 6.10 Å². The first-order valence-electron chi connectivity index (χ1n) is 7.47. The molecule has 0 amide bonds. The molecule has 1 aromatic carbocycles. The number of unbranched alkanes of at least 4 members (excludes halogenated alkanes) is 1. The molecular formula is C17H24Cl2O2. The van der Waals surface area contributed by atoms with Crippen LogP contribution in [-0.2, 0) is 10.2 Å². The fourth-order valence-electron chi connectivity index (χ4n) is 1.98. The molecule has 1 unspecified atom stereocenters. The molecule has 0 aliphatic heterocycles. The van der Waals surface area contributed by atoms with Crippen LogP contribution < -0.4 is 4.74 Å². The lowest BCUT2D eigenvalue weighted by Gasteiger charge is -2.24. The number of ether oxygens (including phenoxy) is 1. The largest absolute Gasteiger partial charge is 0.480 e. The summed E-state index contributed by atoms with van der Waals surface area (Å²) in [6.07, 6.45) is 2.87. The number of carbonyl (C=O) groups is 1. The maximum atomic E-state index is 11.4. The van der Waals surface area contributed by atoms with Gasteiger partial charge in [0, 0.05) is 0 Å². The summed E-state index contributed by atoms with van der Waals surface area (Å²) in [7, 11) is 0. The zero-order chi connectivity index (χ0) is 16.0. The van der Waals surface area contributed by atoms with Crippen LogP contribution in [0.25, 0.3) is 0 Å². The van der Waals surface area contributed by atoms with Crippen LogP contribution in [0.3, 0.4) is 0 Å². The molecule has 0 saturated heterocycles. The SMILES string of the molecule is CCCCC(Oc1ccc(C(C)(C)CC)cc1Cl)C(=O)Cl. The standard InChI is InChI=1S/C17H24Cl2O2/c1-5-7-8-15(16(19)20)21-14-10-9-12(11-13(14)18)17(3,4)6-2/h9-11,15H,5-8H2,1-4H3. The van der Waals surface area contributed by atoms with E-state index in [2.05, 4.69) is 27.7 Å². The number of carbonyl (C=O) groups excluding carboxylic acids is 1. The van der Waals surface area contributed by atoms with E-state index in [1.165, 1.54) is 0 Å². The zero-order valence-corrected chi connectivity index (χ0v) is 14.7. The lowest BCUT2D eigenvalue weighted by Crippen LogP contribution is -2.23. The summed E-state index contributed by atoms with van der Waals surface area (Å²) in [4.78, 5) is 11.4. The van der Waals surface area contributed by atoms with Gasteiger partial charge in [-0.05, 0) is 54.0 Å². The summed E-state index contributed by atoms with van der Waals surface area (Å²) in [5.41, 5.74) is 1.22. The summed E-state index contributed by atoms with van der Waals surface area (Å²) in [5, 5.41) is 0.0471. The van der Waals surface area contributed by atoms with E-state index in [-0.39, 0.29) is 5.41 Å². The van der Waals surface area contributed by atoms with Crippen LogP contribution in [0.15, 0.2) is 18.2 Å². The average molecular weight is 331 g/mol. The third-order valence-electron chi connectivity index (χ3n) is 3.94. The molecule has 21 heavy (non-hydrogen) atoms. The van der Waals surface area contributed by atoms with Crippen molar-refractivity contribution in [3.05, 3.63) is 28.8 Å². The zero-order valence-electron chi connectivity index (χ0n) is 13.2. The topological polar surface area (TPSA) is 26.3 Å². The number of halogens is 2. The van der Waals surface area contributed by atoms with Gasteiger partial charge in [-0.1, -0.05) is 51.8 Å². The lowest BCUT2D eigenvalue weighted by molar-refractivity contribution is -0.118. The Kier molecular flexibility index (Phi) is 7.02. The van der Waals surface area contributed by atoms with Crippen molar-refractivity contribution < 1.29 is 9.53 Å². The predicted molar refractivity (Wildman–Crippen MR) is 89.6 cm³/mol. The third kappa shape index (κ3) is 5.19. The van der Waals surface area contributed by atoms with Gasteiger partial charge in [0.05, 0.1) is 5.02 Å². The Balaban J connectivity index is 2.91. The summed E-state index contributed by atoms with van der Waals surface area (Å²) in [5.74, 6) is 0.516. The molecule has 2 nitrogen and oxygen atoms in total. The summed E-state index contributed by atoms with van der Waals surface area (Å²) in [6, 6.07) is 5.74. The van der Waals surface area contributed by atoms with E-state index in [1.54, 1.807) is 0 Å². The normalized spacial score (nSPS) is 13.0. The van der Waals surface area contributed by atoms with Crippen LogP contribution in [0.5, 0.6) is 5.75 Å². The Hall–Kier alpha value is -0.730. The van der Waals surface area contributed by atoms with Crippen molar-refractivity contribution in [2.45, 2.75) is 64.9 Å². The highest BCUT2D eigenvalue weighted by Gasteiger charge is 2.22. The molecule has 0 fully saturated rings. The van der Waals surface area contributed by atoms with E-state index >= 15 is 0 Å². The molecule has 4 heteroatoms. The Morgan fingerprint density at radius 2 is 2.00 bits per heavy atom. The molecule has 118 valence electrons. The minimum Gasteiger partial charge on any atom is -0.480 e. The summed E-state index contributed by atoms with van der Waals surface area (Å²) in [6.45, 7) is 8.55. The van der Waals surface area contributed by atoms with Crippen molar-refractivity contribution in [2.24, 2.45) is 0 Å². The number of hydrogen-bond acceptors (Lipinski definition) is 2. The van der Waals surface area contributed by atoms with Crippen LogP contribution in [-0.4, -0.2) is 11.3 Å². The van der Waals surface area contributed by atoms with Crippen LogP contribution in [0.4, 0.5) is 0 Å². The van der Waals surface area contributed by atoms with Gasteiger partial charge >= 0.3 is 0 Å². The molecule has 0 bridgehead atoms. The van der Waals surface area contributed by atoms with Crippen LogP contribution in [0.2, 0.25) is 5.02 Å². The van der Waals surface area contributed by atoms with E-state index in [9.17, 15) is 4.79 Å². The second-order valence-electron chi connectivity index (χ2n) is 5.94. The van der Waals surface area contributed by atoms with Gasteiger partial charge in [0.1, 0.15) is 5.75 Å². The second kappa shape index (κ2) is 8.05. The van der Waals surface area contributed by atoms with Crippen LogP contribution in [0.1, 0.15) is 58.9 Å². The maximum absolute atomic E-state index is 11.4. The lowest BCUT2D eigenvalue weighted by atomic mass is 9.82. The number of hydrogen-bond donors (Lipinski definition) is 0. The summed E-state index contributed by atoms with van der Waals surface area (Å²) >= 11 is 11.9. The maximum Gasteiger partial charge on any atom is 0.262 e. The van der Waals surface area contributed by atoms with Gasteiger partial charge < -0.3 is 4.74 Å². The van der Waals surface area contributed by atoms with Crippen molar-refractivity contribution in [3.63, 3.8) is 0 Å². The highest BCUT2D eigenvalue weighted by atomic mass is 35.5. The molecule has 0 heterocycles. The van der Waals surface area contributed by atoms with Crippen molar-refractivity contribution in [3.8, 4) is 5.75 Å². The molecular weight excluding hydrogens is 307 g/mol. The van der Waals surface area contributed by atoms with Crippen LogP contribution >= 0.6 is 23.2 Å². The van der Waals surface area contributed by atoms with Crippen LogP contribution in [0, 0.1) is 0 Å². The monoisotopic (exact) mass is 330 g/mol. The Morgan fingerprint density at radius 1 is 1.33 bits per heavy atom. The molecule has 1 aromatic rings. The van der Waals surface area contributed by atoms with Gasteiger partial charge in [-0.2, -0.15) is 0 Å². The van der Waals surface area contributed by atoms with E-state index in [1.807, 2.05) is 18.2 Å². The molecule has 0 aliphatic carbocycles. The minimum absolute atomic E-state index is 0.0616.